The maximum atomic E-state index is 5.46. The summed E-state index contributed by atoms with van der Waals surface area (Å²) in [5.74, 6) is 3.36. The lowest BCUT2D eigenvalue weighted by Gasteiger charge is -2.36. The predicted molar refractivity (Wildman–Crippen MR) is 60.0 cm³/mol. The third-order valence-electron chi connectivity index (χ3n) is 4.02. The number of piperidine rings is 1. The van der Waals surface area contributed by atoms with E-state index in [-0.39, 0.29) is 0 Å². The van der Waals surface area contributed by atoms with Gasteiger partial charge in [-0.1, -0.05) is 0 Å². The van der Waals surface area contributed by atoms with Crippen LogP contribution in [0.5, 0.6) is 11.5 Å². The van der Waals surface area contributed by atoms with E-state index in [0.29, 0.717) is 12.7 Å². The van der Waals surface area contributed by atoms with Crippen LogP contribution in [-0.4, -0.2) is 19.9 Å². The number of ether oxygens (including phenoxy) is 2. The molecule has 1 aromatic rings. The number of nitrogens with one attached hydrogen (secondary N) is 1. The van der Waals surface area contributed by atoms with Crippen LogP contribution in [0.4, 0.5) is 0 Å². The van der Waals surface area contributed by atoms with Crippen LogP contribution in [0.25, 0.3) is 0 Å². The van der Waals surface area contributed by atoms with Gasteiger partial charge in [0.15, 0.2) is 11.5 Å². The molecule has 1 fully saturated rings. The topological polar surface area (TPSA) is 30.5 Å². The Morgan fingerprint density at radius 2 is 2.00 bits per heavy atom. The Kier molecular flexibility index (Phi) is 1.74. The first-order chi connectivity index (χ1) is 7.90. The van der Waals surface area contributed by atoms with Crippen molar-refractivity contribution in [2.45, 2.75) is 18.8 Å². The summed E-state index contributed by atoms with van der Waals surface area (Å²) in [4.78, 5) is 0. The molecule has 16 heavy (non-hydrogen) atoms. The highest BCUT2D eigenvalue weighted by Crippen LogP contribution is 2.43. The van der Waals surface area contributed by atoms with Gasteiger partial charge in [0.25, 0.3) is 0 Å². The number of benzene rings is 1. The van der Waals surface area contributed by atoms with Crippen molar-refractivity contribution in [1.82, 2.24) is 5.32 Å². The van der Waals surface area contributed by atoms with E-state index in [4.69, 9.17) is 9.47 Å². The minimum Gasteiger partial charge on any atom is -0.454 e. The van der Waals surface area contributed by atoms with E-state index in [0.717, 1.165) is 24.0 Å². The second-order valence-corrected chi connectivity index (χ2v) is 5.07. The molecule has 0 aromatic heterocycles. The van der Waals surface area contributed by atoms with Crippen LogP contribution in [0.15, 0.2) is 12.1 Å². The Morgan fingerprint density at radius 1 is 1.12 bits per heavy atom. The fourth-order valence-electron chi connectivity index (χ4n) is 3.29. The van der Waals surface area contributed by atoms with Crippen molar-refractivity contribution in [2.24, 2.45) is 5.92 Å². The van der Waals surface area contributed by atoms with Crippen LogP contribution in [0.3, 0.4) is 0 Å². The molecule has 0 radical (unpaired) electrons. The smallest absolute Gasteiger partial charge is 0.231 e. The zero-order valence-corrected chi connectivity index (χ0v) is 9.16. The van der Waals surface area contributed by atoms with Gasteiger partial charge in [0.05, 0.1) is 0 Å². The first-order valence-electron chi connectivity index (χ1n) is 6.03. The molecule has 0 saturated carbocycles. The highest BCUT2D eigenvalue weighted by Gasteiger charge is 2.32. The van der Waals surface area contributed by atoms with Gasteiger partial charge < -0.3 is 14.8 Å². The molecule has 3 nitrogen and oxygen atoms in total. The van der Waals surface area contributed by atoms with E-state index in [9.17, 15) is 0 Å². The molecular formula is C13H15NO2. The summed E-state index contributed by atoms with van der Waals surface area (Å²) >= 11 is 0. The SMILES string of the molecule is c1c2c(cc3c1OCO3)C1CNCC(C2)C1. The molecule has 2 bridgehead atoms. The first-order valence-corrected chi connectivity index (χ1v) is 6.03. The summed E-state index contributed by atoms with van der Waals surface area (Å²) in [5.41, 5.74) is 2.96. The van der Waals surface area contributed by atoms with Gasteiger partial charge in [-0.25, -0.2) is 0 Å². The van der Waals surface area contributed by atoms with Crippen molar-refractivity contribution < 1.29 is 9.47 Å². The minimum atomic E-state index is 0.380. The normalized spacial score (nSPS) is 30.0. The van der Waals surface area contributed by atoms with E-state index in [1.165, 1.54) is 30.5 Å². The Balaban J connectivity index is 1.84. The van der Waals surface area contributed by atoms with Gasteiger partial charge >= 0.3 is 0 Å². The van der Waals surface area contributed by atoms with Gasteiger partial charge in [0, 0.05) is 6.54 Å². The van der Waals surface area contributed by atoms with Crippen molar-refractivity contribution in [3.63, 3.8) is 0 Å². The highest BCUT2D eigenvalue weighted by molar-refractivity contribution is 5.51. The summed E-state index contributed by atoms with van der Waals surface area (Å²) < 4.78 is 10.9. The van der Waals surface area contributed by atoms with E-state index in [2.05, 4.69) is 17.4 Å². The fourth-order valence-corrected chi connectivity index (χ4v) is 3.29. The largest absolute Gasteiger partial charge is 0.454 e. The number of hydrogen-bond donors (Lipinski definition) is 1. The summed E-state index contributed by atoms with van der Waals surface area (Å²) in [6.45, 7) is 2.66. The van der Waals surface area contributed by atoms with Gasteiger partial charge in [-0.3, -0.25) is 0 Å². The second kappa shape index (κ2) is 3.14. The third-order valence-corrected chi connectivity index (χ3v) is 4.02. The van der Waals surface area contributed by atoms with Gasteiger partial charge in [0.1, 0.15) is 0 Å². The molecule has 84 valence electrons. The van der Waals surface area contributed by atoms with Gasteiger partial charge in [0.2, 0.25) is 6.79 Å². The van der Waals surface area contributed by atoms with E-state index in [1.54, 1.807) is 0 Å². The quantitative estimate of drug-likeness (QED) is 0.717. The molecule has 0 spiro atoms. The van der Waals surface area contributed by atoms with Crippen LogP contribution < -0.4 is 14.8 Å². The average molecular weight is 217 g/mol. The van der Waals surface area contributed by atoms with Crippen LogP contribution >= 0.6 is 0 Å². The summed E-state index contributed by atoms with van der Waals surface area (Å²) in [6, 6.07) is 4.40. The van der Waals surface area contributed by atoms with Crippen molar-refractivity contribution >= 4 is 0 Å². The molecule has 1 aromatic carbocycles. The standard InChI is InChI=1S/C13H15NO2/c1-8-2-10(6-14-5-8)11-4-13-12(3-9(1)11)15-7-16-13/h3-4,8,10,14H,1-2,5-7H2. The lowest BCUT2D eigenvalue weighted by molar-refractivity contribution is 0.174. The first kappa shape index (κ1) is 8.88. The van der Waals surface area contributed by atoms with Crippen molar-refractivity contribution in [3.8, 4) is 11.5 Å². The van der Waals surface area contributed by atoms with Crippen LogP contribution in [0, 0.1) is 5.92 Å². The van der Waals surface area contributed by atoms with Gasteiger partial charge in [-0.05, 0) is 54.5 Å². The van der Waals surface area contributed by atoms with Crippen molar-refractivity contribution in [1.29, 1.82) is 0 Å². The minimum absolute atomic E-state index is 0.380. The van der Waals surface area contributed by atoms with Crippen molar-refractivity contribution in [2.75, 3.05) is 19.9 Å². The van der Waals surface area contributed by atoms with Crippen LogP contribution in [0.2, 0.25) is 0 Å². The molecule has 3 heteroatoms. The molecular weight excluding hydrogens is 202 g/mol. The molecule has 1 saturated heterocycles. The molecule has 1 aliphatic carbocycles. The van der Waals surface area contributed by atoms with Crippen LogP contribution in [-0.2, 0) is 6.42 Å². The molecule has 2 aliphatic heterocycles. The number of rotatable bonds is 0. The summed E-state index contributed by atoms with van der Waals surface area (Å²) in [7, 11) is 0. The Labute approximate surface area is 94.7 Å². The summed E-state index contributed by atoms with van der Waals surface area (Å²) in [5, 5.41) is 3.52. The molecule has 2 atom stereocenters. The van der Waals surface area contributed by atoms with Gasteiger partial charge in [-0.2, -0.15) is 0 Å². The average Bonchev–Trinajstić information content (AvgIpc) is 2.74. The Bertz CT molecular complexity index is 444. The van der Waals surface area contributed by atoms with Crippen LogP contribution in [0.1, 0.15) is 23.5 Å². The Morgan fingerprint density at radius 3 is 2.94 bits per heavy atom. The fraction of sp³-hybridized carbons (Fsp3) is 0.538. The predicted octanol–water partition coefficient (Wildman–Crippen LogP) is 1.66. The second-order valence-electron chi connectivity index (χ2n) is 5.07. The summed E-state index contributed by atoms with van der Waals surface area (Å²) in [6.07, 6.45) is 2.52. The van der Waals surface area contributed by atoms with E-state index < -0.39 is 0 Å². The monoisotopic (exact) mass is 217 g/mol. The Hall–Kier alpha value is -1.22. The maximum absolute atomic E-state index is 5.46. The van der Waals surface area contributed by atoms with Crippen molar-refractivity contribution in [3.05, 3.63) is 23.3 Å². The molecule has 3 aliphatic rings. The lowest BCUT2D eigenvalue weighted by Crippen LogP contribution is -2.39. The molecule has 2 heterocycles. The molecule has 1 N–H and O–H groups in total. The zero-order valence-electron chi connectivity index (χ0n) is 9.16. The molecule has 0 amide bonds. The van der Waals surface area contributed by atoms with E-state index >= 15 is 0 Å². The van der Waals surface area contributed by atoms with E-state index in [1.807, 2.05) is 0 Å². The lowest BCUT2D eigenvalue weighted by atomic mass is 9.74. The number of hydrogen-bond acceptors (Lipinski definition) is 3. The number of fused-ring (bicyclic) bond motifs is 5. The third kappa shape index (κ3) is 1.18. The van der Waals surface area contributed by atoms with Gasteiger partial charge in [-0.15, -0.1) is 0 Å². The molecule has 2 unspecified atom stereocenters. The maximum Gasteiger partial charge on any atom is 0.231 e. The highest BCUT2D eigenvalue weighted by atomic mass is 16.7. The molecule has 4 rings (SSSR count). The zero-order chi connectivity index (χ0) is 10.5.